The predicted molar refractivity (Wildman–Crippen MR) is 69.6 cm³/mol. The maximum absolute atomic E-state index is 11.3. The molecule has 4 heteroatoms. The average molecular weight is 268 g/mol. The average Bonchev–Trinajstić information content (AvgIpc) is 3.02. The van der Waals surface area contributed by atoms with Crippen LogP contribution >= 0.6 is 0 Å². The van der Waals surface area contributed by atoms with E-state index < -0.39 is 17.5 Å². The Morgan fingerprint density at radius 2 is 2.05 bits per heavy atom. The highest BCUT2D eigenvalue weighted by molar-refractivity contribution is 5.70. The summed E-state index contributed by atoms with van der Waals surface area (Å²) in [6, 6.07) is 0. The Kier molecular flexibility index (Phi) is 2.78. The molecule has 1 aliphatic heterocycles. The number of carbonyl (C=O) groups is 1. The first-order valence-corrected chi connectivity index (χ1v) is 7.43. The SMILES string of the molecule is C[C@@H]1CC[C@@H]([C@@H](C)C(=O)O)[C@]2(O)[C@H]1CC[C@@]1(C)O[C@@H]21. The minimum absolute atomic E-state index is 0.159. The number of hydrogen-bond donors (Lipinski definition) is 2. The quantitative estimate of drug-likeness (QED) is 0.752. The molecule has 1 heterocycles. The molecule has 0 aromatic rings. The molecule has 0 aromatic heterocycles. The van der Waals surface area contributed by atoms with Crippen LogP contribution in [0.5, 0.6) is 0 Å². The first-order valence-electron chi connectivity index (χ1n) is 7.43. The number of ether oxygens (including phenoxy) is 1. The van der Waals surface area contributed by atoms with Crippen LogP contribution in [0.25, 0.3) is 0 Å². The van der Waals surface area contributed by atoms with Crippen LogP contribution in [0, 0.1) is 23.7 Å². The Balaban J connectivity index is 1.96. The lowest BCUT2D eigenvalue weighted by atomic mass is 9.54. The Bertz CT molecular complexity index is 409. The van der Waals surface area contributed by atoms with E-state index in [4.69, 9.17) is 4.74 Å². The number of rotatable bonds is 2. The summed E-state index contributed by atoms with van der Waals surface area (Å²) in [7, 11) is 0. The van der Waals surface area contributed by atoms with Gasteiger partial charge in [0.2, 0.25) is 0 Å². The molecule has 2 saturated carbocycles. The van der Waals surface area contributed by atoms with E-state index in [-0.39, 0.29) is 23.5 Å². The lowest BCUT2D eigenvalue weighted by molar-refractivity contribution is -0.170. The summed E-state index contributed by atoms with van der Waals surface area (Å²) >= 11 is 0. The number of carboxylic acid groups (broad SMARTS) is 1. The molecule has 2 N–H and O–H groups in total. The Labute approximate surface area is 114 Å². The molecule has 4 nitrogen and oxygen atoms in total. The molecule has 108 valence electrons. The first kappa shape index (κ1) is 13.4. The maximum Gasteiger partial charge on any atom is 0.306 e. The number of fused-ring (bicyclic) bond motifs is 3. The van der Waals surface area contributed by atoms with E-state index in [1.807, 2.05) is 6.92 Å². The van der Waals surface area contributed by atoms with Gasteiger partial charge >= 0.3 is 5.97 Å². The van der Waals surface area contributed by atoms with Gasteiger partial charge in [-0.05, 0) is 44.4 Å². The fraction of sp³-hybridized carbons (Fsp3) is 0.933. The zero-order valence-corrected chi connectivity index (χ0v) is 11.9. The van der Waals surface area contributed by atoms with Crippen LogP contribution in [0.3, 0.4) is 0 Å². The second-order valence-electron chi connectivity index (χ2n) is 7.13. The lowest BCUT2D eigenvalue weighted by Gasteiger charge is -2.52. The van der Waals surface area contributed by atoms with E-state index in [9.17, 15) is 15.0 Å². The zero-order chi connectivity index (χ0) is 14.0. The summed E-state index contributed by atoms with van der Waals surface area (Å²) in [6.45, 7) is 5.96. The Hall–Kier alpha value is -0.610. The number of aliphatic carboxylic acids is 1. The predicted octanol–water partition coefficient (Wildman–Crippen LogP) is 2.05. The van der Waals surface area contributed by atoms with Crippen LogP contribution in [-0.4, -0.2) is 33.5 Å². The second-order valence-corrected chi connectivity index (χ2v) is 7.13. The van der Waals surface area contributed by atoms with Gasteiger partial charge in [0.15, 0.2) is 0 Å². The molecular formula is C15H24O4. The third kappa shape index (κ3) is 1.69. The van der Waals surface area contributed by atoms with Crippen molar-refractivity contribution in [1.82, 2.24) is 0 Å². The molecule has 3 fully saturated rings. The Morgan fingerprint density at radius 1 is 1.37 bits per heavy atom. The van der Waals surface area contributed by atoms with E-state index in [1.54, 1.807) is 6.92 Å². The molecule has 0 amide bonds. The van der Waals surface area contributed by atoms with Gasteiger partial charge in [-0.3, -0.25) is 4.79 Å². The summed E-state index contributed by atoms with van der Waals surface area (Å²) in [5, 5.41) is 20.6. The molecule has 0 aromatic carbocycles. The van der Waals surface area contributed by atoms with E-state index in [2.05, 4.69) is 6.92 Å². The van der Waals surface area contributed by atoms with Gasteiger partial charge in [-0.25, -0.2) is 0 Å². The van der Waals surface area contributed by atoms with Crippen LogP contribution in [0.15, 0.2) is 0 Å². The normalized spacial score (nSPS) is 53.9. The highest BCUT2D eigenvalue weighted by atomic mass is 16.6. The largest absolute Gasteiger partial charge is 0.481 e. The molecular weight excluding hydrogens is 244 g/mol. The van der Waals surface area contributed by atoms with E-state index in [1.165, 1.54) is 0 Å². The van der Waals surface area contributed by atoms with Crippen molar-refractivity contribution in [2.24, 2.45) is 23.7 Å². The van der Waals surface area contributed by atoms with E-state index in [0.717, 1.165) is 25.7 Å². The lowest BCUT2D eigenvalue weighted by Crippen LogP contribution is -2.60. The van der Waals surface area contributed by atoms with Gasteiger partial charge in [0.25, 0.3) is 0 Å². The van der Waals surface area contributed by atoms with Gasteiger partial charge in [0, 0.05) is 5.92 Å². The third-order valence-corrected chi connectivity index (χ3v) is 6.06. The summed E-state index contributed by atoms with van der Waals surface area (Å²) in [5.74, 6) is -0.853. The van der Waals surface area contributed by atoms with Crippen molar-refractivity contribution in [2.45, 2.75) is 63.8 Å². The van der Waals surface area contributed by atoms with Crippen molar-refractivity contribution >= 4 is 5.97 Å². The van der Waals surface area contributed by atoms with Crippen LogP contribution in [0.1, 0.15) is 46.5 Å². The molecule has 7 atom stereocenters. The Morgan fingerprint density at radius 3 is 2.68 bits per heavy atom. The first-order chi connectivity index (χ1) is 8.80. The van der Waals surface area contributed by atoms with E-state index >= 15 is 0 Å². The molecule has 0 unspecified atom stereocenters. The minimum atomic E-state index is -0.942. The van der Waals surface area contributed by atoms with Crippen molar-refractivity contribution in [3.05, 3.63) is 0 Å². The topological polar surface area (TPSA) is 70.1 Å². The highest BCUT2D eigenvalue weighted by Gasteiger charge is 2.72. The van der Waals surface area contributed by atoms with Gasteiger partial charge in [-0.1, -0.05) is 13.8 Å². The van der Waals surface area contributed by atoms with Crippen LogP contribution in [-0.2, 0) is 9.53 Å². The number of hydrogen-bond acceptors (Lipinski definition) is 3. The summed E-state index contributed by atoms with van der Waals surface area (Å²) in [6.07, 6.45) is 3.58. The smallest absolute Gasteiger partial charge is 0.306 e. The van der Waals surface area contributed by atoms with Gasteiger partial charge < -0.3 is 14.9 Å². The van der Waals surface area contributed by atoms with Crippen molar-refractivity contribution in [2.75, 3.05) is 0 Å². The number of epoxide rings is 1. The number of aliphatic hydroxyl groups is 1. The van der Waals surface area contributed by atoms with Crippen LogP contribution < -0.4 is 0 Å². The maximum atomic E-state index is 11.3. The summed E-state index contributed by atoms with van der Waals surface area (Å²) < 4.78 is 5.80. The summed E-state index contributed by atoms with van der Waals surface area (Å²) in [5.41, 5.74) is -1.15. The monoisotopic (exact) mass is 268 g/mol. The summed E-state index contributed by atoms with van der Waals surface area (Å²) in [4.78, 5) is 11.3. The van der Waals surface area contributed by atoms with Crippen molar-refractivity contribution < 1.29 is 19.7 Å². The van der Waals surface area contributed by atoms with E-state index in [0.29, 0.717) is 5.92 Å². The fourth-order valence-electron chi connectivity index (χ4n) is 4.78. The van der Waals surface area contributed by atoms with Gasteiger partial charge in [-0.15, -0.1) is 0 Å². The molecule has 0 spiro atoms. The molecule has 0 bridgehead atoms. The number of carboxylic acids is 1. The van der Waals surface area contributed by atoms with Crippen LogP contribution in [0.2, 0.25) is 0 Å². The molecule has 19 heavy (non-hydrogen) atoms. The zero-order valence-electron chi connectivity index (χ0n) is 11.9. The van der Waals surface area contributed by atoms with Crippen LogP contribution in [0.4, 0.5) is 0 Å². The highest BCUT2D eigenvalue weighted by Crippen LogP contribution is 2.62. The molecule has 3 rings (SSSR count). The second kappa shape index (κ2) is 3.95. The molecule has 3 aliphatic rings. The third-order valence-electron chi connectivity index (χ3n) is 6.06. The molecule has 1 saturated heterocycles. The standard InChI is InChI=1S/C15H24O4/c1-8-4-5-11(9(2)12(16)17)15(18)10(8)6-7-14(3)13(15)19-14/h8-11,13,18H,4-7H2,1-3H3,(H,16,17)/t8-,9-,10+,11+,13-,14-,15-/m1/s1. The van der Waals surface area contributed by atoms with Crippen molar-refractivity contribution in [3.63, 3.8) is 0 Å². The van der Waals surface area contributed by atoms with Crippen molar-refractivity contribution in [1.29, 1.82) is 0 Å². The minimum Gasteiger partial charge on any atom is -0.481 e. The van der Waals surface area contributed by atoms with Gasteiger partial charge in [0.05, 0.1) is 11.5 Å². The van der Waals surface area contributed by atoms with Gasteiger partial charge in [0.1, 0.15) is 11.7 Å². The van der Waals surface area contributed by atoms with Gasteiger partial charge in [-0.2, -0.15) is 0 Å². The molecule has 0 radical (unpaired) electrons. The fourth-order valence-corrected chi connectivity index (χ4v) is 4.78. The molecule has 2 aliphatic carbocycles. The van der Waals surface area contributed by atoms with Crippen molar-refractivity contribution in [3.8, 4) is 0 Å².